The molecule has 6 heteroatoms. The monoisotopic (exact) mass is 382 g/mol. The lowest BCUT2D eigenvalue weighted by Gasteiger charge is -2.20. The van der Waals surface area contributed by atoms with E-state index in [0.29, 0.717) is 29.9 Å². The highest BCUT2D eigenvalue weighted by atomic mass is 16.5. The molecule has 0 spiro atoms. The molecule has 1 saturated heterocycles. The number of carbonyl (C=O) groups is 1. The summed E-state index contributed by atoms with van der Waals surface area (Å²) in [7, 11) is 0. The Hall–Kier alpha value is -2.47. The Kier molecular flexibility index (Phi) is 6.62. The van der Waals surface area contributed by atoms with Crippen molar-refractivity contribution in [1.29, 1.82) is 0 Å². The van der Waals surface area contributed by atoms with Crippen LogP contribution in [0.25, 0.3) is 0 Å². The molecule has 150 valence electrons. The molecule has 2 heterocycles. The van der Waals surface area contributed by atoms with Gasteiger partial charge in [0.25, 0.3) is 5.91 Å². The highest BCUT2D eigenvalue weighted by Crippen LogP contribution is 2.33. The minimum absolute atomic E-state index is 0.111. The molecule has 0 radical (unpaired) electrons. The number of ether oxygens (including phenoxy) is 1. The summed E-state index contributed by atoms with van der Waals surface area (Å²) in [5.74, 6) is 1.18. The van der Waals surface area contributed by atoms with E-state index in [9.17, 15) is 4.79 Å². The molecule has 1 unspecified atom stereocenters. The third kappa shape index (κ3) is 4.87. The molecule has 0 saturated carbocycles. The van der Waals surface area contributed by atoms with Gasteiger partial charge < -0.3 is 15.4 Å². The minimum Gasteiger partial charge on any atom is -0.376 e. The fourth-order valence-electron chi connectivity index (χ4n) is 3.44. The molecule has 3 rings (SSSR count). The number of amides is 1. The molecular formula is C22H30N4O2. The van der Waals surface area contributed by atoms with Crippen LogP contribution in [0, 0.1) is 0 Å². The Bertz CT molecular complexity index is 770. The standard InChI is InChI=1S/C22H30N4O2/c1-14(2)17-8-5-9-18(15(3)4)21(17)26-20-13-23-19(12-24-20)22(27)25-11-16-7-6-10-28-16/h5,8-9,12-16H,6-7,10-11H2,1-4H3,(H,24,26)(H,25,27). The quantitative estimate of drug-likeness (QED) is 0.743. The van der Waals surface area contributed by atoms with E-state index < -0.39 is 0 Å². The number of hydrogen-bond acceptors (Lipinski definition) is 5. The molecule has 1 aromatic carbocycles. The predicted molar refractivity (Wildman–Crippen MR) is 111 cm³/mol. The average molecular weight is 383 g/mol. The van der Waals surface area contributed by atoms with Crippen LogP contribution in [0.1, 0.15) is 74.0 Å². The number of hydrogen-bond donors (Lipinski definition) is 2. The van der Waals surface area contributed by atoms with E-state index in [0.717, 1.165) is 25.1 Å². The summed E-state index contributed by atoms with van der Waals surface area (Å²) in [6, 6.07) is 6.38. The van der Waals surface area contributed by atoms with E-state index in [1.165, 1.54) is 17.3 Å². The third-order valence-corrected chi connectivity index (χ3v) is 5.02. The SMILES string of the molecule is CC(C)c1cccc(C(C)C)c1Nc1cnc(C(=O)NCC2CCCO2)cn1. The molecule has 1 aliphatic heterocycles. The molecular weight excluding hydrogens is 352 g/mol. The van der Waals surface area contributed by atoms with Crippen molar-refractivity contribution >= 4 is 17.4 Å². The Balaban J connectivity index is 1.71. The maximum atomic E-state index is 12.3. The van der Waals surface area contributed by atoms with Crippen LogP contribution in [-0.2, 0) is 4.74 Å². The van der Waals surface area contributed by atoms with E-state index >= 15 is 0 Å². The van der Waals surface area contributed by atoms with E-state index in [1.54, 1.807) is 6.20 Å². The summed E-state index contributed by atoms with van der Waals surface area (Å²) in [5.41, 5.74) is 3.87. The minimum atomic E-state index is -0.222. The van der Waals surface area contributed by atoms with Gasteiger partial charge in [-0.05, 0) is 35.8 Å². The smallest absolute Gasteiger partial charge is 0.271 e. The molecule has 28 heavy (non-hydrogen) atoms. The molecule has 2 N–H and O–H groups in total. The molecule has 2 aromatic rings. The molecule has 1 aromatic heterocycles. The lowest BCUT2D eigenvalue weighted by Crippen LogP contribution is -2.32. The van der Waals surface area contributed by atoms with Crippen molar-refractivity contribution in [3.8, 4) is 0 Å². The highest BCUT2D eigenvalue weighted by molar-refractivity contribution is 5.92. The Morgan fingerprint density at radius 3 is 2.39 bits per heavy atom. The van der Waals surface area contributed by atoms with Gasteiger partial charge in [0.2, 0.25) is 0 Å². The largest absolute Gasteiger partial charge is 0.376 e. The number of para-hydroxylation sites is 1. The number of nitrogens with zero attached hydrogens (tertiary/aromatic N) is 2. The first-order valence-electron chi connectivity index (χ1n) is 10.1. The molecule has 1 aliphatic rings. The van der Waals surface area contributed by atoms with Gasteiger partial charge in [0.05, 0.1) is 18.5 Å². The maximum Gasteiger partial charge on any atom is 0.271 e. The summed E-state index contributed by atoms with van der Waals surface area (Å²) in [4.78, 5) is 21.0. The molecule has 1 atom stereocenters. The second kappa shape index (κ2) is 9.15. The van der Waals surface area contributed by atoms with E-state index in [-0.39, 0.29) is 12.0 Å². The van der Waals surface area contributed by atoms with Crippen LogP contribution in [0.3, 0.4) is 0 Å². The van der Waals surface area contributed by atoms with Gasteiger partial charge in [-0.1, -0.05) is 45.9 Å². The van der Waals surface area contributed by atoms with Gasteiger partial charge in [-0.25, -0.2) is 9.97 Å². The van der Waals surface area contributed by atoms with Gasteiger partial charge in [-0.3, -0.25) is 4.79 Å². The van der Waals surface area contributed by atoms with Gasteiger partial charge >= 0.3 is 0 Å². The van der Waals surface area contributed by atoms with Crippen LogP contribution in [-0.4, -0.2) is 35.1 Å². The lowest BCUT2D eigenvalue weighted by molar-refractivity contribution is 0.0853. The number of rotatable bonds is 7. The summed E-state index contributed by atoms with van der Waals surface area (Å²) in [6.45, 7) is 10.0. The predicted octanol–water partition coefficient (Wildman–Crippen LogP) is 4.38. The van der Waals surface area contributed by atoms with Crippen molar-refractivity contribution in [2.45, 2.75) is 58.5 Å². The molecule has 0 bridgehead atoms. The van der Waals surface area contributed by atoms with E-state index in [4.69, 9.17) is 4.74 Å². The molecule has 1 amide bonds. The first-order valence-corrected chi connectivity index (χ1v) is 10.1. The summed E-state index contributed by atoms with van der Waals surface area (Å²) < 4.78 is 5.52. The summed E-state index contributed by atoms with van der Waals surface area (Å²) in [6.07, 6.45) is 5.28. The van der Waals surface area contributed by atoms with E-state index in [1.807, 2.05) is 0 Å². The third-order valence-electron chi connectivity index (χ3n) is 5.02. The van der Waals surface area contributed by atoms with Crippen LogP contribution < -0.4 is 10.6 Å². The van der Waals surface area contributed by atoms with Gasteiger partial charge in [0, 0.05) is 18.8 Å². The second-order valence-corrected chi connectivity index (χ2v) is 7.88. The summed E-state index contributed by atoms with van der Waals surface area (Å²) >= 11 is 0. The fourth-order valence-corrected chi connectivity index (χ4v) is 3.44. The Morgan fingerprint density at radius 1 is 1.14 bits per heavy atom. The zero-order chi connectivity index (χ0) is 20.1. The van der Waals surface area contributed by atoms with Crippen molar-refractivity contribution in [2.75, 3.05) is 18.5 Å². The molecule has 1 fully saturated rings. The normalized spacial score (nSPS) is 16.6. The van der Waals surface area contributed by atoms with Crippen molar-refractivity contribution < 1.29 is 9.53 Å². The first kappa shape index (κ1) is 20.3. The van der Waals surface area contributed by atoms with Gasteiger partial charge in [-0.15, -0.1) is 0 Å². The van der Waals surface area contributed by atoms with Crippen LogP contribution in [0.4, 0.5) is 11.5 Å². The van der Waals surface area contributed by atoms with Crippen molar-refractivity contribution in [1.82, 2.24) is 15.3 Å². The molecule has 6 nitrogen and oxygen atoms in total. The van der Waals surface area contributed by atoms with Crippen molar-refractivity contribution in [3.05, 3.63) is 47.4 Å². The number of aromatic nitrogens is 2. The number of carbonyl (C=O) groups excluding carboxylic acids is 1. The maximum absolute atomic E-state index is 12.3. The van der Waals surface area contributed by atoms with Crippen LogP contribution >= 0.6 is 0 Å². The van der Waals surface area contributed by atoms with E-state index in [2.05, 4.69) is 66.5 Å². The van der Waals surface area contributed by atoms with Crippen molar-refractivity contribution in [2.24, 2.45) is 0 Å². The first-order chi connectivity index (χ1) is 13.5. The Morgan fingerprint density at radius 2 is 1.86 bits per heavy atom. The fraction of sp³-hybridized carbons (Fsp3) is 0.500. The summed E-state index contributed by atoms with van der Waals surface area (Å²) in [5, 5.41) is 6.29. The zero-order valence-corrected chi connectivity index (χ0v) is 17.2. The van der Waals surface area contributed by atoms with Crippen LogP contribution in [0.2, 0.25) is 0 Å². The van der Waals surface area contributed by atoms with Gasteiger partial charge in [0.1, 0.15) is 11.5 Å². The molecule has 0 aliphatic carbocycles. The number of anilines is 2. The van der Waals surface area contributed by atoms with Crippen LogP contribution in [0.15, 0.2) is 30.6 Å². The van der Waals surface area contributed by atoms with Gasteiger partial charge in [0.15, 0.2) is 0 Å². The number of benzene rings is 1. The zero-order valence-electron chi connectivity index (χ0n) is 17.2. The second-order valence-electron chi connectivity index (χ2n) is 7.88. The van der Waals surface area contributed by atoms with Gasteiger partial charge in [-0.2, -0.15) is 0 Å². The lowest BCUT2D eigenvalue weighted by atomic mass is 9.92. The van der Waals surface area contributed by atoms with Crippen molar-refractivity contribution in [3.63, 3.8) is 0 Å². The topological polar surface area (TPSA) is 76.1 Å². The Labute approximate surface area is 167 Å². The average Bonchev–Trinajstić information content (AvgIpc) is 3.20. The number of nitrogens with one attached hydrogen (secondary N) is 2. The highest BCUT2D eigenvalue weighted by Gasteiger charge is 2.18. The van der Waals surface area contributed by atoms with Crippen LogP contribution in [0.5, 0.6) is 0 Å².